The number of rotatable bonds is 8. The van der Waals surface area contributed by atoms with Gasteiger partial charge in [0.1, 0.15) is 0 Å². The van der Waals surface area contributed by atoms with E-state index in [1.54, 1.807) is 0 Å². The van der Waals surface area contributed by atoms with Gasteiger partial charge in [0.15, 0.2) is 0 Å². The Labute approximate surface area is 133 Å². The number of pyridine rings is 1. The number of hydrogen-bond donors (Lipinski definition) is 1. The summed E-state index contributed by atoms with van der Waals surface area (Å²) in [4.78, 5) is 5.74. The molecule has 0 aromatic carbocycles. The lowest BCUT2D eigenvalue weighted by molar-refractivity contribution is 0.476. The number of aryl methyl sites for hydroxylation is 1. The van der Waals surface area contributed by atoms with Crippen LogP contribution in [0, 0.1) is 0 Å². The van der Waals surface area contributed by atoms with Gasteiger partial charge in [-0.3, -0.25) is 4.98 Å². The second-order valence-electron chi connectivity index (χ2n) is 4.94. The standard InChI is InChI=1S/C16H21BrN2S/c1-2-19-15(5-3-6-16-7-4-8-20-16)10-13-9-14(17)12-18-11-13/h4,7-9,11-12,15,19H,2-3,5-6,10H2,1H3. The van der Waals surface area contributed by atoms with Gasteiger partial charge in [0.25, 0.3) is 0 Å². The first-order valence-corrected chi connectivity index (χ1v) is 8.80. The molecule has 0 saturated carbocycles. The Kier molecular flexibility index (Phi) is 6.70. The van der Waals surface area contributed by atoms with Gasteiger partial charge in [-0.1, -0.05) is 13.0 Å². The molecule has 0 radical (unpaired) electrons. The lowest BCUT2D eigenvalue weighted by Gasteiger charge is -2.17. The fourth-order valence-corrected chi connectivity index (χ4v) is 3.56. The molecule has 1 N–H and O–H groups in total. The fraction of sp³-hybridized carbons (Fsp3) is 0.438. The molecule has 2 nitrogen and oxygen atoms in total. The Balaban J connectivity index is 1.83. The van der Waals surface area contributed by atoms with Gasteiger partial charge in [-0.25, -0.2) is 0 Å². The molecule has 1 atom stereocenters. The van der Waals surface area contributed by atoms with Gasteiger partial charge in [0.2, 0.25) is 0 Å². The van der Waals surface area contributed by atoms with Crippen LogP contribution in [-0.4, -0.2) is 17.6 Å². The molecule has 0 fully saturated rings. The van der Waals surface area contributed by atoms with Crippen LogP contribution in [0.25, 0.3) is 0 Å². The predicted molar refractivity (Wildman–Crippen MR) is 90.4 cm³/mol. The fourth-order valence-electron chi connectivity index (χ4n) is 2.39. The number of likely N-dealkylation sites (N-methyl/N-ethyl adjacent to an activating group) is 1. The maximum Gasteiger partial charge on any atom is 0.0410 e. The summed E-state index contributed by atoms with van der Waals surface area (Å²) >= 11 is 5.35. The summed E-state index contributed by atoms with van der Waals surface area (Å²) < 4.78 is 1.06. The normalized spacial score (nSPS) is 12.5. The first kappa shape index (κ1) is 15.7. The molecule has 20 heavy (non-hydrogen) atoms. The van der Waals surface area contributed by atoms with E-state index in [1.807, 2.05) is 23.7 Å². The van der Waals surface area contributed by atoms with Gasteiger partial charge in [-0.2, -0.15) is 0 Å². The highest BCUT2D eigenvalue weighted by Crippen LogP contribution is 2.16. The van der Waals surface area contributed by atoms with Crippen LogP contribution in [-0.2, 0) is 12.8 Å². The van der Waals surface area contributed by atoms with Crippen LogP contribution < -0.4 is 5.32 Å². The topological polar surface area (TPSA) is 24.9 Å². The van der Waals surface area contributed by atoms with E-state index in [0.29, 0.717) is 6.04 Å². The maximum absolute atomic E-state index is 4.25. The van der Waals surface area contributed by atoms with Crippen LogP contribution in [0.5, 0.6) is 0 Å². The van der Waals surface area contributed by atoms with Crippen LogP contribution in [0.15, 0.2) is 40.4 Å². The van der Waals surface area contributed by atoms with E-state index in [4.69, 9.17) is 0 Å². The van der Waals surface area contributed by atoms with Gasteiger partial charge in [0, 0.05) is 27.8 Å². The van der Waals surface area contributed by atoms with E-state index in [2.05, 4.69) is 56.7 Å². The summed E-state index contributed by atoms with van der Waals surface area (Å²) in [7, 11) is 0. The Hall–Kier alpha value is -0.710. The van der Waals surface area contributed by atoms with E-state index in [0.717, 1.165) is 17.4 Å². The molecule has 0 amide bonds. The second kappa shape index (κ2) is 8.55. The van der Waals surface area contributed by atoms with E-state index in [1.165, 1.54) is 29.7 Å². The zero-order valence-corrected chi connectivity index (χ0v) is 14.2. The monoisotopic (exact) mass is 352 g/mol. The number of nitrogens with zero attached hydrogens (tertiary/aromatic N) is 1. The molecule has 2 rings (SSSR count). The maximum atomic E-state index is 4.25. The van der Waals surface area contributed by atoms with Crippen molar-refractivity contribution >= 4 is 27.3 Å². The third kappa shape index (κ3) is 5.35. The van der Waals surface area contributed by atoms with Crippen LogP contribution in [0.2, 0.25) is 0 Å². The van der Waals surface area contributed by atoms with Crippen molar-refractivity contribution in [3.05, 3.63) is 50.9 Å². The van der Waals surface area contributed by atoms with E-state index >= 15 is 0 Å². The third-order valence-electron chi connectivity index (χ3n) is 3.29. The lowest BCUT2D eigenvalue weighted by Crippen LogP contribution is -2.31. The SMILES string of the molecule is CCNC(CCCc1cccs1)Cc1cncc(Br)c1. The predicted octanol–water partition coefficient (Wildman–Crippen LogP) is 4.45. The Bertz CT molecular complexity index is 499. The first-order chi connectivity index (χ1) is 9.78. The molecule has 0 spiro atoms. The second-order valence-corrected chi connectivity index (χ2v) is 6.89. The number of nitrogens with one attached hydrogen (secondary N) is 1. The summed E-state index contributed by atoms with van der Waals surface area (Å²) in [6.07, 6.45) is 8.48. The minimum Gasteiger partial charge on any atom is -0.314 e. The molecule has 2 aromatic rings. The Morgan fingerprint density at radius 1 is 1.40 bits per heavy atom. The highest BCUT2D eigenvalue weighted by atomic mass is 79.9. The highest BCUT2D eigenvalue weighted by molar-refractivity contribution is 9.10. The van der Waals surface area contributed by atoms with Crippen molar-refractivity contribution in [3.63, 3.8) is 0 Å². The van der Waals surface area contributed by atoms with Crippen molar-refractivity contribution < 1.29 is 0 Å². The quantitative estimate of drug-likeness (QED) is 0.758. The van der Waals surface area contributed by atoms with Crippen LogP contribution >= 0.6 is 27.3 Å². The van der Waals surface area contributed by atoms with Crippen molar-refractivity contribution in [1.82, 2.24) is 10.3 Å². The van der Waals surface area contributed by atoms with Gasteiger partial charge in [-0.15, -0.1) is 11.3 Å². The zero-order chi connectivity index (χ0) is 14.2. The molecule has 0 aliphatic rings. The lowest BCUT2D eigenvalue weighted by atomic mass is 10.0. The molecular formula is C16H21BrN2S. The summed E-state index contributed by atoms with van der Waals surface area (Å²) in [6.45, 7) is 3.19. The molecule has 0 saturated heterocycles. The van der Waals surface area contributed by atoms with Gasteiger partial charge < -0.3 is 5.32 Å². The molecule has 0 aliphatic carbocycles. The number of hydrogen-bond acceptors (Lipinski definition) is 3. The summed E-state index contributed by atoms with van der Waals surface area (Å²) in [6, 6.07) is 7.06. The summed E-state index contributed by atoms with van der Waals surface area (Å²) in [5, 5.41) is 5.75. The van der Waals surface area contributed by atoms with Crippen molar-refractivity contribution in [2.75, 3.05) is 6.54 Å². The third-order valence-corrected chi connectivity index (χ3v) is 4.66. The molecular weight excluding hydrogens is 332 g/mol. The Morgan fingerprint density at radius 3 is 3.00 bits per heavy atom. The molecule has 2 aromatic heterocycles. The molecule has 1 unspecified atom stereocenters. The Morgan fingerprint density at radius 2 is 2.30 bits per heavy atom. The summed E-state index contributed by atoms with van der Waals surface area (Å²) in [5.74, 6) is 0. The number of thiophene rings is 1. The highest BCUT2D eigenvalue weighted by Gasteiger charge is 2.09. The van der Waals surface area contributed by atoms with Crippen molar-refractivity contribution in [1.29, 1.82) is 0 Å². The number of halogens is 1. The smallest absolute Gasteiger partial charge is 0.0410 e. The van der Waals surface area contributed by atoms with E-state index < -0.39 is 0 Å². The van der Waals surface area contributed by atoms with Crippen LogP contribution in [0.4, 0.5) is 0 Å². The van der Waals surface area contributed by atoms with E-state index in [9.17, 15) is 0 Å². The molecule has 2 heterocycles. The van der Waals surface area contributed by atoms with Crippen molar-refractivity contribution in [2.45, 2.75) is 38.6 Å². The van der Waals surface area contributed by atoms with Crippen molar-refractivity contribution in [3.8, 4) is 0 Å². The van der Waals surface area contributed by atoms with Gasteiger partial charge >= 0.3 is 0 Å². The van der Waals surface area contributed by atoms with E-state index in [-0.39, 0.29) is 0 Å². The molecule has 0 bridgehead atoms. The molecule has 0 aliphatic heterocycles. The minimum atomic E-state index is 0.538. The average Bonchev–Trinajstić information content (AvgIpc) is 2.92. The van der Waals surface area contributed by atoms with Crippen LogP contribution in [0.1, 0.15) is 30.2 Å². The number of aromatic nitrogens is 1. The summed E-state index contributed by atoms with van der Waals surface area (Å²) in [5.41, 5.74) is 1.29. The minimum absolute atomic E-state index is 0.538. The largest absolute Gasteiger partial charge is 0.314 e. The van der Waals surface area contributed by atoms with Gasteiger partial charge in [0.05, 0.1) is 0 Å². The van der Waals surface area contributed by atoms with Gasteiger partial charge in [-0.05, 0) is 71.2 Å². The van der Waals surface area contributed by atoms with Crippen molar-refractivity contribution in [2.24, 2.45) is 0 Å². The first-order valence-electron chi connectivity index (χ1n) is 7.13. The average molecular weight is 353 g/mol. The molecule has 108 valence electrons. The zero-order valence-electron chi connectivity index (χ0n) is 11.8. The van der Waals surface area contributed by atoms with Crippen LogP contribution in [0.3, 0.4) is 0 Å². The molecule has 4 heteroatoms.